The van der Waals surface area contributed by atoms with Gasteiger partial charge in [0.25, 0.3) is 0 Å². The van der Waals surface area contributed by atoms with Crippen LogP contribution in [0.4, 0.5) is 0 Å². The summed E-state index contributed by atoms with van der Waals surface area (Å²) in [6.07, 6.45) is 2.69. The van der Waals surface area contributed by atoms with E-state index in [1.54, 1.807) is 11.3 Å². The summed E-state index contributed by atoms with van der Waals surface area (Å²) >= 11 is 1.75. The van der Waals surface area contributed by atoms with Gasteiger partial charge in [0.15, 0.2) is 0 Å². The Bertz CT molecular complexity index is 672. The second-order valence-corrected chi connectivity index (χ2v) is 6.98. The van der Waals surface area contributed by atoms with Gasteiger partial charge in [-0.25, -0.2) is 4.98 Å². The van der Waals surface area contributed by atoms with Crippen LogP contribution in [-0.4, -0.2) is 40.0 Å². The van der Waals surface area contributed by atoms with Gasteiger partial charge in [-0.3, -0.25) is 9.59 Å². The predicted octanol–water partition coefficient (Wildman–Crippen LogP) is 3.26. The first kappa shape index (κ1) is 15.9. The molecule has 0 aliphatic carbocycles. The van der Waals surface area contributed by atoms with Gasteiger partial charge in [0, 0.05) is 31.8 Å². The normalized spacial score (nSPS) is 15.9. The number of nitrogens with zero attached hydrogens (tertiary/aromatic N) is 2. The summed E-state index contributed by atoms with van der Waals surface area (Å²) in [6.45, 7) is 1.49. The Morgan fingerprint density at radius 1 is 1.22 bits per heavy atom. The Morgan fingerprint density at radius 3 is 2.65 bits per heavy atom. The third-order valence-electron chi connectivity index (χ3n) is 4.29. The molecule has 3 rings (SSSR count). The molecule has 0 saturated carbocycles. The maximum absolute atomic E-state index is 12.1. The Morgan fingerprint density at radius 2 is 1.96 bits per heavy atom. The molecule has 0 radical (unpaired) electrons. The van der Waals surface area contributed by atoms with Crippen LogP contribution in [0.3, 0.4) is 0 Å². The van der Waals surface area contributed by atoms with Crippen LogP contribution in [-0.2, 0) is 9.59 Å². The van der Waals surface area contributed by atoms with Crippen molar-refractivity contribution in [1.82, 2.24) is 9.88 Å². The van der Waals surface area contributed by atoms with Crippen LogP contribution in [0.15, 0.2) is 24.3 Å². The van der Waals surface area contributed by atoms with E-state index in [2.05, 4.69) is 6.07 Å². The van der Waals surface area contributed by atoms with Gasteiger partial charge in [-0.2, -0.15) is 0 Å². The number of aromatic nitrogens is 1. The zero-order chi connectivity index (χ0) is 16.2. The SMILES string of the molecule is O=C(O)CCCC(=O)N1CCC(c2nc3ccccc3s2)CC1. The maximum atomic E-state index is 12.1. The van der Waals surface area contributed by atoms with Crippen molar-refractivity contribution in [3.8, 4) is 0 Å². The molecule has 1 saturated heterocycles. The molecule has 1 aromatic carbocycles. The van der Waals surface area contributed by atoms with E-state index in [1.807, 2.05) is 23.1 Å². The molecule has 0 spiro atoms. The van der Waals surface area contributed by atoms with Crippen LogP contribution in [0.25, 0.3) is 10.2 Å². The van der Waals surface area contributed by atoms with Crippen LogP contribution in [0.1, 0.15) is 43.0 Å². The van der Waals surface area contributed by atoms with Gasteiger partial charge in [0.1, 0.15) is 0 Å². The number of carboxylic acids is 1. The van der Waals surface area contributed by atoms with Crippen molar-refractivity contribution in [3.63, 3.8) is 0 Å². The summed E-state index contributed by atoms with van der Waals surface area (Å²) in [6, 6.07) is 8.17. The van der Waals surface area contributed by atoms with Crippen LogP contribution < -0.4 is 0 Å². The summed E-state index contributed by atoms with van der Waals surface area (Å²) < 4.78 is 1.22. The first-order valence-electron chi connectivity index (χ1n) is 7.98. The molecular weight excluding hydrogens is 312 g/mol. The number of hydrogen-bond acceptors (Lipinski definition) is 4. The Kier molecular flexibility index (Phi) is 4.91. The number of aliphatic carboxylic acids is 1. The molecular formula is C17H20N2O3S. The fourth-order valence-electron chi connectivity index (χ4n) is 2.99. The number of piperidine rings is 1. The van der Waals surface area contributed by atoms with E-state index < -0.39 is 5.97 Å². The fourth-order valence-corrected chi connectivity index (χ4v) is 4.13. The van der Waals surface area contributed by atoms with Gasteiger partial charge in [-0.1, -0.05) is 12.1 Å². The number of carboxylic acid groups (broad SMARTS) is 1. The van der Waals surface area contributed by atoms with Crippen molar-refractivity contribution >= 4 is 33.4 Å². The Balaban J connectivity index is 1.53. The van der Waals surface area contributed by atoms with Gasteiger partial charge in [0.2, 0.25) is 5.91 Å². The number of fused-ring (bicyclic) bond motifs is 1. The molecule has 2 heterocycles. The molecule has 0 bridgehead atoms. The lowest BCUT2D eigenvalue weighted by molar-refractivity contribution is -0.137. The quantitative estimate of drug-likeness (QED) is 0.912. The van der Waals surface area contributed by atoms with E-state index in [1.165, 1.54) is 9.71 Å². The summed E-state index contributed by atoms with van der Waals surface area (Å²) in [5.74, 6) is -0.336. The number of carbonyl (C=O) groups is 2. The van der Waals surface area contributed by atoms with Crippen molar-refractivity contribution in [3.05, 3.63) is 29.3 Å². The molecule has 1 aliphatic rings. The van der Waals surface area contributed by atoms with Crippen molar-refractivity contribution in [2.75, 3.05) is 13.1 Å². The topological polar surface area (TPSA) is 70.5 Å². The number of benzene rings is 1. The summed E-state index contributed by atoms with van der Waals surface area (Å²) in [7, 11) is 0. The second kappa shape index (κ2) is 7.08. The lowest BCUT2D eigenvalue weighted by atomic mass is 9.97. The van der Waals surface area contributed by atoms with Gasteiger partial charge in [0.05, 0.1) is 15.2 Å². The van der Waals surface area contributed by atoms with Gasteiger partial charge < -0.3 is 10.0 Å². The Hall–Kier alpha value is -1.95. The van der Waals surface area contributed by atoms with Crippen molar-refractivity contribution in [1.29, 1.82) is 0 Å². The zero-order valence-corrected chi connectivity index (χ0v) is 13.7. The highest BCUT2D eigenvalue weighted by Crippen LogP contribution is 2.33. The van der Waals surface area contributed by atoms with Crippen LogP contribution in [0, 0.1) is 0 Å². The smallest absolute Gasteiger partial charge is 0.303 e. The third kappa shape index (κ3) is 3.88. The average molecular weight is 332 g/mol. The highest BCUT2D eigenvalue weighted by molar-refractivity contribution is 7.18. The minimum Gasteiger partial charge on any atom is -0.481 e. The molecule has 5 nitrogen and oxygen atoms in total. The second-order valence-electron chi connectivity index (χ2n) is 5.92. The third-order valence-corrected chi connectivity index (χ3v) is 5.49. The highest BCUT2D eigenvalue weighted by atomic mass is 32.1. The van der Waals surface area contributed by atoms with E-state index >= 15 is 0 Å². The fraction of sp³-hybridized carbons (Fsp3) is 0.471. The van der Waals surface area contributed by atoms with Crippen molar-refractivity contribution in [2.24, 2.45) is 0 Å². The number of amides is 1. The predicted molar refractivity (Wildman–Crippen MR) is 89.7 cm³/mol. The zero-order valence-electron chi connectivity index (χ0n) is 12.9. The summed E-state index contributed by atoms with van der Waals surface area (Å²) in [4.78, 5) is 29.2. The van der Waals surface area contributed by atoms with E-state index in [9.17, 15) is 9.59 Å². The van der Waals surface area contributed by atoms with Crippen LogP contribution >= 0.6 is 11.3 Å². The molecule has 122 valence electrons. The summed E-state index contributed by atoms with van der Waals surface area (Å²) in [5, 5.41) is 9.80. The Labute approximate surface area is 138 Å². The van der Waals surface area contributed by atoms with E-state index in [0.717, 1.165) is 31.4 Å². The first-order valence-corrected chi connectivity index (χ1v) is 8.80. The number of hydrogen-bond donors (Lipinski definition) is 1. The standard InChI is InChI=1S/C17H20N2O3S/c20-15(6-3-7-16(21)22)19-10-8-12(9-11-19)17-18-13-4-1-2-5-14(13)23-17/h1-2,4-5,12H,3,6-11H2,(H,21,22). The number of carbonyl (C=O) groups excluding carboxylic acids is 1. The van der Waals surface area contributed by atoms with Gasteiger partial charge >= 0.3 is 5.97 Å². The molecule has 1 amide bonds. The van der Waals surface area contributed by atoms with E-state index in [-0.39, 0.29) is 12.3 Å². The molecule has 2 aromatic rings. The lowest BCUT2D eigenvalue weighted by Gasteiger charge is -2.31. The van der Waals surface area contributed by atoms with Crippen molar-refractivity contribution < 1.29 is 14.7 Å². The first-order chi connectivity index (χ1) is 11.1. The molecule has 0 unspecified atom stereocenters. The summed E-state index contributed by atoms with van der Waals surface area (Å²) in [5.41, 5.74) is 1.06. The van der Waals surface area contributed by atoms with Gasteiger partial charge in [-0.05, 0) is 31.4 Å². The lowest BCUT2D eigenvalue weighted by Crippen LogP contribution is -2.37. The largest absolute Gasteiger partial charge is 0.481 e. The van der Waals surface area contributed by atoms with Gasteiger partial charge in [-0.15, -0.1) is 11.3 Å². The number of thiazole rings is 1. The highest BCUT2D eigenvalue weighted by Gasteiger charge is 2.25. The number of likely N-dealkylation sites (tertiary alicyclic amines) is 1. The minimum absolute atomic E-state index is 0.0634. The molecule has 23 heavy (non-hydrogen) atoms. The van der Waals surface area contributed by atoms with E-state index in [0.29, 0.717) is 18.8 Å². The molecule has 0 atom stereocenters. The number of rotatable bonds is 5. The molecule has 1 aromatic heterocycles. The molecule has 1 aliphatic heterocycles. The minimum atomic E-state index is -0.840. The molecule has 1 N–H and O–H groups in total. The molecule has 1 fully saturated rings. The number of para-hydroxylation sites is 1. The van der Waals surface area contributed by atoms with E-state index in [4.69, 9.17) is 10.1 Å². The molecule has 6 heteroatoms. The maximum Gasteiger partial charge on any atom is 0.303 e. The van der Waals surface area contributed by atoms with Crippen LogP contribution in [0.5, 0.6) is 0 Å². The average Bonchev–Trinajstić information content (AvgIpc) is 2.98. The van der Waals surface area contributed by atoms with Crippen LogP contribution in [0.2, 0.25) is 0 Å². The van der Waals surface area contributed by atoms with Crippen molar-refractivity contribution in [2.45, 2.75) is 38.0 Å². The monoisotopic (exact) mass is 332 g/mol.